The van der Waals surface area contributed by atoms with Crippen LogP contribution in [0.15, 0.2) is 58.3 Å². The molecule has 7 heteroatoms. The summed E-state index contributed by atoms with van der Waals surface area (Å²) >= 11 is 0. The summed E-state index contributed by atoms with van der Waals surface area (Å²) in [6.45, 7) is 3.39. The van der Waals surface area contributed by atoms with Crippen LogP contribution in [0.5, 0.6) is 5.75 Å². The van der Waals surface area contributed by atoms with E-state index >= 15 is 0 Å². The molecule has 2 rings (SSSR count). The molecule has 0 atom stereocenters. The van der Waals surface area contributed by atoms with Crippen LogP contribution in [0.1, 0.15) is 12.5 Å². The lowest BCUT2D eigenvalue weighted by molar-refractivity contribution is 0.486. The molecule has 118 valence electrons. The molecule has 2 aromatic carbocycles. The summed E-state index contributed by atoms with van der Waals surface area (Å²) < 4.78 is 52.6. The number of aryl methyl sites for hydroxylation is 1. The fourth-order valence-corrected chi connectivity index (χ4v) is 3.56. The van der Waals surface area contributed by atoms with Gasteiger partial charge in [-0.3, -0.25) is 0 Å². The van der Waals surface area contributed by atoms with E-state index in [0.29, 0.717) is 0 Å². The van der Waals surface area contributed by atoms with Crippen molar-refractivity contribution in [3.8, 4) is 5.75 Å². The largest absolute Gasteiger partial charge is 0.379 e. The third-order valence-electron chi connectivity index (χ3n) is 3.08. The molecule has 0 aromatic heterocycles. The molecule has 22 heavy (non-hydrogen) atoms. The van der Waals surface area contributed by atoms with Gasteiger partial charge in [0.25, 0.3) is 0 Å². The summed E-state index contributed by atoms with van der Waals surface area (Å²) in [7, 11) is -7.25. The molecule has 0 saturated carbocycles. The highest BCUT2D eigenvalue weighted by Gasteiger charge is 2.17. The van der Waals surface area contributed by atoms with Crippen LogP contribution in [-0.2, 0) is 20.0 Å². The normalized spacial score (nSPS) is 12.1. The van der Waals surface area contributed by atoms with E-state index in [2.05, 4.69) is 0 Å². The van der Waals surface area contributed by atoms with E-state index in [1.54, 1.807) is 19.1 Å². The number of hydrogen-bond donors (Lipinski definition) is 0. The van der Waals surface area contributed by atoms with Gasteiger partial charge in [0.1, 0.15) is 10.6 Å². The van der Waals surface area contributed by atoms with Gasteiger partial charge in [0.05, 0.1) is 10.6 Å². The molecule has 2 aromatic rings. The van der Waals surface area contributed by atoms with Crippen LogP contribution in [0.25, 0.3) is 0 Å². The topological polar surface area (TPSA) is 77.5 Å². The van der Waals surface area contributed by atoms with Gasteiger partial charge < -0.3 is 4.18 Å². The van der Waals surface area contributed by atoms with E-state index in [4.69, 9.17) is 4.18 Å². The maximum atomic E-state index is 12.1. The Morgan fingerprint density at radius 3 is 1.82 bits per heavy atom. The van der Waals surface area contributed by atoms with Crippen LogP contribution >= 0.6 is 0 Å². The summed E-state index contributed by atoms with van der Waals surface area (Å²) in [5, 5.41) is 0. The van der Waals surface area contributed by atoms with Crippen LogP contribution in [0.4, 0.5) is 0 Å². The summed E-state index contributed by atoms with van der Waals surface area (Å²) in [5.74, 6) is 0.0464. The zero-order valence-electron chi connectivity index (χ0n) is 12.2. The van der Waals surface area contributed by atoms with Crippen molar-refractivity contribution in [2.75, 3.05) is 5.75 Å². The quantitative estimate of drug-likeness (QED) is 0.782. The van der Waals surface area contributed by atoms with Gasteiger partial charge in [-0.1, -0.05) is 24.6 Å². The Bertz CT molecular complexity index is 849. The smallest absolute Gasteiger partial charge is 0.339 e. The monoisotopic (exact) mass is 340 g/mol. The van der Waals surface area contributed by atoms with Crippen molar-refractivity contribution in [3.05, 3.63) is 54.1 Å². The lowest BCUT2D eigenvalue weighted by Gasteiger charge is -2.08. The first-order chi connectivity index (χ1) is 10.2. The highest BCUT2D eigenvalue weighted by molar-refractivity contribution is 7.91. The molecule has 0 aliphatic heterocycles. The fraction of sp³-hybridized carbons (Fsp3) is 0.200. The van der Waals surface area contributed by atoms with E-state index in [1.165, 1.54) is 36.4 Å². The fourth-order valence-electron chi connectivity index (χ4n) is 1.75. The van der Waals surface area contributed by atoms with Crippen molar-refractivity contribution < 1.29 is 21.0 Å². The molecule has 0 saturated heterocycles. The zero-order valence-corrected chi connectivity index (χ0v) is 13.8. The second kappa shape index (κ2) is 6.10. The van der Waals surface area contributed by atoms with Gasteiger partial charge in [0.2, 0.25) is 0 Å². The molecule has 0 N–H and O–H groups in total. The molecule has 0 aliphatic rings. The van der Waals surface area contributed by atoms with E-state index < -0.39 is 20.0 Å². The maximum Gasteiger partial charge on any atom is 0.339 e. The minimum atomic E-state index is -3.93. The Kier molecular flexibility index (Phi) is 4.58. The van der Waals surface area contributed by atoms with Crippen LogP contribution in [0, 0.1) is 6.92 Å². The van der Waals surface area contributed by atoms with Crippen LogP contribution in [0.3, 0.4) is 0 Å². The van der Waals surface area contributed by atoms with Crippen molar-refractivity contribution in [2.24, 2.45) is 0 Å². The van der Waals surface area contributed by atoms with Gasteiger partial charge in [-0.25, -0.2) is 8.42 Å². The molecule has 0 amide bonds. The molecule has 0 unspecified atom stereocenters. The summed E-state index contributed by atoms with van der Waals surface area (Å²) in [6.07, 6.45) is 0. The summed E-state index contributed by atoms with van der Waals surface area (Å²) in [5.41, 5.74) is 0.938. The lowest BCUT2D eigenvalue weighted by atomic mass is 10.2. The second-order valence-electron chi connectivity index (χ2n) is 4.73. The third kappa shape index (κ3) is 3.66. The van der Waals surface area contributed by atoms with Gasteiger partial charge in [0, 0.05) is 0 Å². The molecular weight excluding hydrogens is 324 g/mol. The zero-order chi connectivity index (χ0) is 16.4. The molecule has 0 radical (unpaired) electrons. The molecule has 0 bridgehead atoms. The first-order valence-electron chi connectivity index (χ1n) is 6.58. The average molecular weight is 340 g/mol. The Balaban J connectivity index is 2.25. The van der Waals surface area contributed by atoms with Crippen LogP contribution < -0.4 is 4.18 Å². The van der Waals surface area contributed by atoms with E-state index in [-0.39, 0.29) is 21.3 Å². The van der Waals surface area contributed by atoms with Gasteiger partial charge in [0.15, 0.2) is 9.84 Å². The van der Waals surface area contributed by atoms with Gasteiger partial charge >= 0.3 is 10.1 Å². The Morgan fingerprint density at radius 2 is 1.32 bits per heavy atom. The molecule has 0 spiro atoms. The van der Waals surface area contributed by atoms with E-state index in [0.717, 1.165) is 5.56 Å². The molecule has 0 fully saturated rings. The van der Waals surface area contributed by atoms with Crippen molar-refractivity contribution >= 4 is 20.0 Å². The number of rotatable bonds is 5. The Morgan fingerprint density at radius 1 is 0.818 bits per heavy atom. The SMILES string of the molecule is CCS(=O)(=O)c1ccc(OS(=O)(=O)c2ccc(C)cc2)cc1. The minimum absolute atomic E-state index is 0.0190. The minimum Gasteiger partial charge on any atom is -0.379 e. The first kappa shape index (κ1) is 16.5. The average Bonchev–Trinajstić information content (AvgIpc) is 2.48. The predicted molar refractivity (Wildman–Crippen MR) is 83.2 cm³/mol. The van der Waals surface area contributed by atoms with Crippen LogP contribution in [0.2, 0.25) is 0 Å². The third-order valence-corrected chi connectivity index (χ3v) is 6.09. The van der Waals surface area contributed by atoms with Crippen molar-refractivity contribution in [3.63, 3.8) is 0 Å². The number of sulfone groups is 1. The van der Waals surface area contributed by atoms with Crippen molar-refractivity contribution in [1.82, 2.24) is 0 Å². The van der Waals surface area contributed by atoms with E-state index in [1.807, 2.05) is 6.92 Å². The summed E-state index contributed by atoms with van der Waals surface area (Å²) in [4.78, 5) is 0.179. The van der Waals surface area contributed by atoms with Crippen LogP contribution in [-0.4, -0.2) is 22.6 Å². The Labute approximate surface area is 130 Å². The van der Waals surface area contributed by atoms with Crippen molar-refractivity contribution in [1.29, 1.82) is 0 Å². The number of hydrogen-bond acceptors (Lipinski definition) is 5. The molecule has 5 nitrogen and oxygen atoms in total. The Hall–Kier alpha value is -1.86. The maximum absolute atomic E-state index is 12.1. The van der Waals surface area contributed by atoms with Gasteiger partial charge in [-0.2, -0.15) is 8.42 Å². The second-order valence-corrected chi connectivity index (χ2v) is 8.55. The predicted octanol–water partition coefficient (Wildman–Crippen LogP) is 2.56. The molecule has 0 aliphatic carbocycles. The standard InChI is InChI=1S/C15H16O5S2/c1-3-21(16,17)14-10-6-13(7-11-14)20-22(18,19)15-8-4-12(2)5-9-15/h4-11H,3H2,1-2H3. The molecule has 0 heterocycles. The molecular formula is C15H16O5S2. The highest BCUT2D eigenvalue weighted by Crippen LogP contribution is 2.21. The highest BCUT2D eigenvalue weighted by atomic mass is 32.2. The first-order valence-corrected chi connectivity index (χ1v) is 9.64. The van der Waals surface area contributed by atoms with Crippen molar-refractivity contribution in [2.45, 2.75) is 23.6 Å². The van der Waals surface area contributed by atoms with E-state index in [9.17, 15) is 16.8 Å². The number of benzene rings is 2. The van der Waals surface area contributed by atoms with Gasteiger partial charge in [-0.15, -0.1) is 0 Å². The lowest BCUT2D eigenvalue weighted by Crippen LogP contribution is -2.10. The summed E-state index contributed by atoms with van der Waals surface area (Å²) in [6, 6.07) is 11.6. The van der Waals surface area contributed by atoms with Gasteiger partial charge in [-0.05, 0) is 43.3 Å².